The fourth-order valence-corrected chi connectivity index (χ4v) is 12.3. The average molecular weight is 1210 g/mol. The molecule has 6 rings (SSSR count). The molecule has 22 nitrogen and oxygen atoms in total. The zero-order chi connectivity index (χ0) is 61.8. The van der Waals surface area contributed by atoms with Gasteiger partial charge in [0.25, 0.3) is 0 Å². The number of nitrogens with zero attached hydrogens (tertiary/aromatic N) is 3. The van der Waals surface area contributed by atoms with Crippen LogP contribution in [0.15, 0.2) is 42.0 Å². The van der Waals surface area contributed by atoms with Crippen LogP contribution in [0.25, 0.3) is 0 Å². The van der Waals surface area contributed by atoms with Gasteiger partial charge in [-0.25, -0.2) is 9.59 Å². The van der Waals surface area contributed by atoms with E-state index in [1.807, 2.05) is 19.9 Å². The lowest BCUT2D eigenvalue weighted by molar-refractivity contribution is -0.162. The van der Waals surface area contributed by atoms with Gasteiger partial charge in [-0.3, -0.25) is 48.6 Å². The summed E-state index contributed by atoms with van der Waals surface area (Å²) in [5.41, 5.74) is 0.519. The summed E-state index contributed by atoms with van der Waals surface area (Å²) in [6.45, 7) is 10.9. The Morgan fingerprint density at radius 3 is 2.32 bits per heavy atom. The van der Waals surface area contributed by atoms with E-state index in [0.717, 1.165) is 46.2 Å². The van der Waals surface area contributed by atoms with Crippen LogP contribution in [0.5, 0.6) is 5.75 Å². The smallest absolute Gasteiger partial charge is 0.409 e. The Bertz CT molecular complexity index is 2830. The van der Waals surface area contributed by atoms with Crippen molar-refractivity contribution >= 4 is 89.1 Å². The zero-order valence-corrected chi connectivity index (χ0v) is 51.2. The fraction of sp³-hybridized carbons (Fsp3) is 0.600. The fourth-order valence-electron chi connectivity index (χ4n) is 10.9. The Morgan fingerprint density at radius 1 is 0.964 bits per heavy atom. The van der Waals surface area contributed by atoms with Crippen molar-refractivity contribution in [2.24, 2.45) is 17.8 Å². The van der Waals surface area contributed by atoms with Crippen molar-refractivity contribution in [1.29, 1.82) is 0 Å². The number of carbonyl (C=O) groups is 10. The molecule has 24 heteroatoms. The molecule has 9 atom stereocenters. The number of nitrogens with one attached hydrogen (secondary N) is 3. The summed E-state index contributed by atoms with van der Waals surface area (Å²) < 4.78 is 29.0. The molecule has 460 valence electrons. The molecule has 0 spiro atoms. The standard InChI is InChI=1S/C60H81ClN6O16S/c1-11-34(2)24-40-26-44(53(61)45(27-40)80-10)66(8)51(72)29-48(59(6)54(83-59)35(3)46-30-60(78,37(5)79-9)64-58(77)81-46)82-57(76)36(4)65(7)50(71)20-23-84-47-28-52(73)67(56(47)75)22-21-62-55(74)41-16-13-39(14-17-41)31-63-49(70)19-15-38-12-18-42(32-68)43(25-38)33-69/h11-12,18,25-27,32-33,35-37,39,41,46-48,54,78H,13-17,19-24,28-31H2,1-10H3,(H,62,74)(H,63,70)(H,64,77)/b34-11+/t35?,36-,37?,39-,41-,46?,47?,48-,54?,59?,60?/m0/s1. The number of hydrogen-bond acceptors (Lipinski definition) is 17. The average Bonchev–Trinajstić information content (AvgIpc) is 2.35. The molecule has 1 aliphatic carbocycles. The van der Waals surface area contributed by atoms with Crippen molar-refractivity contribution in [2.75, 3.05) is 58.6 Å². The predicted molar refractivity (Wildman–Crippen MR) is 312 cm³/mol. The summed E-state index contributed by atoms with van der Waals surface area (Å²) in [7, 11) is 5.84. The first-order chi connectivity index (χ1) is 39.8. The number of amides is 7. The molecule has 4 N–H and O–H groups in total. The first-order valence-corrected chi connectivity index (χ1v) is 29.9. The number of likely N-dealkylation sites (N-methyl/N-ethyl adjacent to an activating group) is 1. The number of likely N-dealkylation sites (tertiary alicyclic amines) is 1. The molecule has 84 heavy (non-hydrogen) atoms. The minimum absolute atomic E-state index is 0.0117. The summed E-state index contributed by atoms with van der Waals surface area (Å²) in [4.78, 5) is 133. The highest BCUT2D eigenvalue weighted by Crippen LogP contribution is 2.49. The molecule has 2 aromatic carbocycles. The Labute approximate surface area is 500 Å². The molecule has 3 aliphatic heterocycles. The van der Waals surface area contributed by atoms with E-state index in [2.05, 4.69) is 16.0 Å². The second-order valence-electron chi connectivity index (χ2n) is 22.6. The van der Waals surface area contributed by atoms with E-state index in [0.29, 0.717) is 61.8 Å². The predicted octanol–water partition coefficient (Wildman–Crippen LogP) is 5.53. The third kappa shape index (κ3) is 16.5. The highest BCUT2D eigenvalue weighted by molar-refractivity contribution is 8.00. The lowest BCUT2D eigenvalue weighted by atomic mass is 9.81. The highest BCUT2D eigenvalue weighted by atomic mass is 35.5. The highest BCUT2D eigenvalue weighted by Gasteiger charge is 2.64. The van der Waals surface area contributed by atoms with Gasteiger partial charge >= 0.3 is 12.1 Å². The third-order valence-corrected chi connectivity index (χ3v) is 18.6. The lowest BCUT2D eigenvalue weighted by Crippen LogP contribution is -2.63. The van der Waals surface area contributed by atoms with Crippen LogP contribution in [0.1, 0.15) is 131 Å². The third-order valence-electron chi connectivity index (χ3n) is 17.0. The van der Waals surface area contributed by atoms with Crippen LogP contribution in [-0.4, -0.2) is 176 Å². The minimum atomic E-state index is -1.77. The number of aldehydes is 2. The molecular weight excluding hydrogens is 1130 g/mol. The molecule has 7 amide bonds. The first kappa shape index (κ1) is 66.7. The molecule has 0 bridgehead atoms. The molecule has 1 saturated carbocycles. The number of carbonyl (C=O) groups excluding carboxylic acids is 10. The normalized spacial score (nSPS) is 24.6. The molecule has 0 radical (unpaired) electrons. The monoisotopic (exact) mass is 1210 g/mol. The minimum Gasteiger partial charge on any atom is -0.495 e. The number of aliphatic hydroxyl groups is 1. The number of esters is 1. The number of ether oxygens (including phenoxy) is 5. The number of alkyl carbamates (subject to hydrolysis) is 1. The number of cyclic esters (lactones) is 1. The van der Waals surface area contributed by atoms with Gasteiger partial charge in [0.1, 0.15) is 40.7 Å². The van der Waals surface area contributed by atoms with E-state index in [4.69, 9.17) is 35.3 Å². The Hall–Kier alpha value is -6.40. The van der Waals surface area contributed by atoms with E-state index >= 15 is 0 Å². The number of anilines is 1. The summed E-state index contributed by atoms with van der Waals surface area (Å²) in [5, 5.41) is 19.1. The number of aryl methyl sites for hydroxylation is 1. The number of hydrogen-bond donors (Lipinski definition) is 4. The van der Waals surface area contributed by atoms with Crippen molar-refractivity contribution in [2.45, 2.75) is 159 Å². The number of rotatable bonds is 29. The molecule has 0 aromatic heterocycles. The van der Waals surface area contributed by atoms with Crippen LogP contribution < -0.4 is 25.6 Å². The molecule has 4 aliphatic rings. The second-order valence-corrected chi connectivity index (χ2v) is 24.3. The van der Waals surface area contributed by atoms with E-state index < -0.39 is 95.1 Å². The lowest BCUT2D eigenvalue weighted by Gasteiger charge is -2.41. The second kappa shape index (κ2) is 29.6. The SMILES string of the molecule is C/C=C(\C)Cc1cc(OC)c(Cl)c(N(C)C(=O)C[C@H](OC(=O)[C@H](C)N(C)C(=O)CCSC2CC(=O)N(CCNC(=O)[C@H]3CC[C@H](CNC(=O)CCc4ccc(C=O)c(C=O)c4)CC3)C2=O)C2(C)OC2C(C)C2CC(O)(C(C)OC)NC(=O)O2)c1. The zero-order valence-electron chi connectivity index (χ0n) is 49.6. The molecule has 7 unspecified atom stereocenters. The van der Waals surface area contributed by atoms with Crippen molar-refractivity contribution in [3.8, 4) is 5.75 Å². The summed E-state index contributed by atoms with van der Waals surface area (Å²) >= 11 is 7.94. The molecule has 4 fully saturated rings. The van der Waals surface area contributed by atoms with E-state index in [9.17, 15) is 53.1 Å². The van der Waals surface area contributed by atoms with Crippen molar-refractivity contribution in [3.05, 3.63) is 69.3 Å². The number of epoxide rings is 1. The van der Waals surface area contributed by atoms with Crippen LogP contribution in [0.2, 0.25) is 5.02 Å². The number of methoxy groups -OCH3 is 2. The summed E-state index contributed by atoms with van der Waals surface area (Å²) in [5.74, 6) is -3.07. The van der Waals surface area contributed by atoms with Crippen molar-refractivity contribution < 1.29 is 76.7 Å². The quantitative estimate of drug-likeness (QED) is 0.0256. The van der Waals surface area contributed by atoms with E-state index in [1.54, 1.807) is 51.1 Å². The van der Waals surface area contributed by atoms with Crippen LogP contribution in [0.4, 0.5) is 10.5 Å². The van der Waals surface area contributed by atoms with Gasteiger partial charge in [0.15, 0.2) is 18.3 Å². The van der Waals surface area contributed by atoms with Gasteiger partial charge in [0, 0.05) is 95.2 Å². The summed E-state index contributed by atoms with van der Waals surface area (Å²) in [6.07, 6.45) is 1.90. The van der Waals surface area contributed by atoms with E-state index in [1.165, 1.54) is 45.0 Å². The molecule has 3 heterocycles. The maximum atomic E-state index is 14.4. The molecule has 2 aromatic rings. The van der Waals surface area contributed by atoms with E-state index in [-0.39, 0.29) is 78.8 Å². The van der Waals surface area contributed by atoms with Crippen LogP contribution >= 0.6 is 23.4 Å². The van der Waals surface area contributed by atoms with Gasteiger partial charge in [-0.15, -0.1) is 11.8 Å². The molecular formula is C60H81ClN6O16S. The number of halogens is 1. The maximum absolute atomic E-state index is 14.4. The number of benzene rings is 2. The maximum Gasteiger partial charge on any atom is 0.409 e. The van der Waals surface area contributed by atoms with Crippen LogP contribution in [0, 0.1) is 17.8 Å². The largest absolute Gasteiger partial charge is 0.495 e. The van der Waals surface area contributed by atoms with Crippen LogP contribution in [0.3, 0.4) is 0 Å². The van der Waals surface area contributed by atoms with Crippen LogP contribution in [-0.2, 0) is 65.4 Å². The Balaban J connectivity index is 0.983. The van der Waals surface area contributed by atoms with Gasteiger partial charge in [-0.1, -0.05) is 42.3 Å². The first-order valence-electron chi connectivity index (χ1n) is 28.5. The van der Waals surface area contributed by atoms with Crippen molar-refractivity contribution in [3.63, 3.8) is 0 Å². The number of imide groups is 1. The molecule has 3 saturated heterocycles. The van der Waals surface area contributed by atoms with Gasteiger partial charge in [0.2, 0.25) is 35.4 Å². The topological polar surface area (TPSA) is 286 Å². The number of thioether (sulfide) groups is 1. The Morgan fingerprint density at radius 2 is 1.67 bits per heavy atom. The summed E-state index contributed by atoms with van der Waals surface area (Å²) in [6, 6.07) is 7.30. The van der Waals surface area contributed by atoms with Gasteiger partial charge < -0.3 is 49.2 Å². The van der Waals surface area contributed by atoms with Gasteiger partial charge in [-0.05, 0) is 108 Å². The Kier molecular flexibility index (Phi) is 23.5. The van der Waals surface area contributed by atoms with Gasteiger partial charge in [0.05, 0.1) is 30.6 Å². The number of allylic oxidation sites excluding steroid dienone is 2. The van der Waals surface area contributed by atoms with Gasteiger partial charge in [-0.2, -0.15) is 0 Å². The van der Waals surface area contributed by atoms with Crippen molar-refractivity contribution in [1.82, 2.24) is 25.8 Å².